The summed E-state index contributed by atoms with van der Waals surface area (Å²) in [4.78, 5) is 2.52. The highest BCUT2D eigenvalue weighted by Crippen LogP contribution is 2.57. The minimum absolute atomic E-state index is 0.127. The summed E-state index contributed by atoms with van der Waals surface area (Å²) in [6.07, 6.45) is 17.3. The second-order valence-corrected chi connectivity index (χ2v) is 7.93. The van der Waals surface area contributed by atoms with Gasteiger partial charge in [-0.1, -0.05) is 73.9 Å². The molecule has 0 amide bonds. The Morgan fingerprint density at radius 1 is 1.00 bits per heavy atom. The Kier molecular flexibility index (Phi) is 5.68. The summed E-state index contributed by atoms with van der Waals surface area (Å²) < 4.78 is 5.48. The Morgan fingerprint density at radius 3 is 2.61 bits per heavy atom. The van der Waals surface area contributed by atoms with E-state index in [1.807, 2.05) is 0 Å². The van der Waals surface area contributed by atoms with Crippen molar-refractivity contribution in [2.24, 2.45) is 0 Å². The molecule has 2 heteroatoms. The molecule has 0 N–H and O–H groups in total. The number of rotatable bonds is 5. The predicted molar refractivity (Wildman–Crippen MR) is 120 cm³/mol. The summed E-state index contributed by atoms with van der Waals surface area (Å²) in [6, 6.07) is 13.5. The molecule has 2 nitrogen and oxygen atoms in total. The first kappa shape index (κ1) is 19.0. The number of hydrogen-bond donors (Lipinski definition) is 0. The average Bonchev–Trinajstić information content (AvgIpc) is 2.99. The minimum Gasteiger partial charge on any atom is -0.383 e. The van der Waals surface area contributed by atoms with Gasteiger partial charge in [-0.15, -0.1) is 0 Å². The van der Waals surface area contributed by atoms with Gasteiger partial charge in [-0.25, -0.2) is 0 Å². The number of fused-ring (bicyclic) bond motifs is 4. The zero-order chi connectivity index (χ0) is 19.4. The van der Waals surface area contributed by atoms with Gasteiger partial charge in [0.2, 0.25) is 0 Å². The number of methoxy groups -OCH3 is 1. The second kappa shape index (κ2) is 8.36. The van der Waals surface area contributed by atoms with Gasteiger partial charge in [-0.3, -0.25) is 0 Å². The normalized spacial score (nSPS) is 20.2. The van der Waals surface area contributed by atoms with E-state index in [-0.39, 0.29) is 5.41 Å². The quantitative estimate of drug-likeness (QED) is 0.553. The zero-order valence-electron chi connectivity index (χ0n) is 17.2. The largest absolute Gasteiger partial charge is 0.383 e. The fourth-order valence-corrected chi connectivity index (χ4v) is 5.16. The average molecular weight is 374 g/mol. The van der Waals surface area contributed by atoms with E-state index in [9.17, 15) is 0 Å². The summed E-state index contributed by atoms with van der Waals surface area (Å²) in [7, 11) is 1.79. The highest BCUT2D eigenvalue weighted by atomic mass is 16.5. The van der Waals surface area contributed by atoms with Crippen molar-refractivity contribution in [3.8, 4) is 0 Å². The fraction of sp³-hybridized carbons (Fsp3) is 0.385. The number of allylic oxidation sites excluding steroid dienone is 6. The maximum Gasteiger partial charge on any atom is 0.0642 e. The van der Waals surface area contributed by atoms with Crippen LogP contribution in [0.5, 0.6) is 0 Å². The molecular formula is C26H31NO. The van der Waals surface area contributed by atoms with E-state index in [4.69, 9.17) is 4.74 Å². The first-order valence-corrected chi connectivity index (χ1v) is 10.6. The molecule has 28 heavy (non-hydrogen) atoms. The van der Waals surface area contributed by atoms with Crippen molar-refractivity contribution >= 4 is 16.5 Å². The fourth-order valence-electron chi connectivity index (χ4n) is 5.16. The molecule has 0 radical (unpaired) electrons. The molecule has 146 valence electrons. The highest BCUT2D eigenvalue weighted by molar-refractivity contribution is 5.95. The highest BCUT2D eigenvalue weighted by Gasteiger charge is 2.48. The van der Waals surface area contributed by atoms with Crippen molar-refractivity contribution in [1.29, 1.82) is 0 Å². The van der Waals surface area contributed by atoms with E-state index in [1.54, 1.807) is 12.7 Å². The van der Waals surface area contributed by atoms with Crippen LogP contribution in [0.4, 0.5) is 5.69 Å². The van der Waals surface area contributed by atoms with Crippen LogP contribution in [0.2, 0.25) is 0 Å². The van der Waals surface area contributed by atoms with Crippen LogP contribution in [0, 0.1) is 0 Å². The Bertz CT molecular complexity index is 915. The third kappa shape index (κ3) is 3.20. The maximum absolute atomic E-state index is 5.48. The number of hydrogen-bond acceptors (Lipinski definition) is 2. The minimum atomic E-state index is 0.127. The van der Waals surface area contributed by atoms with Crippen molar-refractivity contribution in [2.45, 2.75) is 44.4 Å². The van der Waals surface area contributed by atoms with E-state index >= 15 is 0 Å². The topological polar surface area (TPSA) is 12.5 Å². The van der Waals surface area contributed by atoms with Gasteiger partial charge in [-0.2, -0.15) is 0 Å². The van der Waals surface area contributed by atoms with Gasteiger partial charge in [0.05, 0.1) is 6.61 Å². The van der Waals surface area contributed by atoms with Gasteiger partial charge in [0.15, 0.2) is 0 Å². The van der Waals surface area contributed by atoms with Crippen molar-refractivity contribution < 1.29 is 4.74 Å². The van der Waals surface area contributed by atoms with Crippen LogP contribution < -0.4 is 4.90 Å². The van der Waals surface area contributed by atoms with Crippen LogP contribution in [-0.2, 0) is 10.2 Å². The Balaban J connectivity index is 1.93. The molecule has 0 aromatic heterocycles. The third-order valence-electron chi connectivity index (χ3n) is 6.35. The van der Waals surface area contributed by atoms with Crippen molar-refractivity contribution in [2.75, 3.05) is 25.2 Å². The van der Waals surface area contributed by atoms with Gasteiger partial charge >= 0.3 is 0 Å². The number of benzene rings is 2. The summed E-state index contributed by atoms with van der Waals surface area (Å²) in [5.74, 6) is 0. The van der Waals surface area contributed by atoms with Crippen LogP contribution >= 0.6 is 0 Å². The number of nitrogens with zero attached hydrogens (tertiary/aromatic N) is 1. The lowest BCUT2D eigenvalue weighted by atomic mass is 9.67. The monoisotopic (exact) mass is 373 g/mol. The van der Waals surface area contributed by atoms with Gasteiger partial charge in [-0.05, 0) is 48.2 Å². The van der Waals surface area contributed by atoms with Crippen LogP contribution in [0.15, 0.2) is 72.5 Å². The van der Waals surface area contributed by atoms with Gasteiger partial charge in [0, 0.05) is 30.5 Å². The molecule has 1 aliphatic heterocycles. The molecule has 0 bridgehead atoms. The first-order valence-electron chi connectivity index (χ1n) is 10.6. The Morgan fingerprint density at radius 2 is 1.82 bits per heavy atom. The molecule has 2 aromatic rings. The molecule has 4 rings (SSSR count). The van der Waals surface area contributed by atoms with Gasteiger partial charge in [0.1, 0.15) is 0 Å². The third-order valence-corrected chi connectivity index (χ3v) is 6.35. The van der Waals surface area contributed by atoms with Crippen LogP contribution in [0.3, 0.4) is 0 Å². The van der Waals surface area contributed by atoms with E-state index in [0.29, 0.717) is 0 Å². The van der Waals surface area contributed by atoms with Gasteiger partial charge < -0.3 is 9.64 Å². The van der Waals surface area contributed by atoms with Crippen molar-refractivity contribution in [3.05, 3.63) is 78.0 Å². The predicted octanol–water partition coefficient (Wildman–Crippen LogP) is 6.52. The zero-order valence-corrected chi connectivity index (χ0v) is 17.2. The van der Waals surface area contributed by atoms with Gasteiger partial charge in [0.25, 0.3) is 0 Å². The number of anilines is 1. The van der Waals surface area contributed by atoms with E-state index in [0.717, 1.165) is 13.2 Å². The molecular weight excluding hydrogens is 342 g/mol. The first-order chi connectivity index (χ1) is 13.8. The molecule has 0 atom stereocenters. The van der Waals surface area contributed by atoms with Crippen molar-refractivity contribution in [3.63, 3.8) is 0 Å². The summed E-state index contributed by atoms with van der Waals surface area (Å²) in [5.41, 5.74) is 4.51. The summed E-state index contributed by atoms with van der Waals surface area (Å²) in [5, 5.41) is 2.77. The van der Waals surface area contributed by atoms with E-state index in [2.05, 4.69) is 78.6 Å². The molecule has 1 fully saturated rings. The summed E-state index contributed by atoms with van der Waals surface area (Å²) >= 11 is 0. The molecule has 1 heterocycles. The van der Waals surface area contributed by atoms with Crippen LogP contribution in [0.1, 0.15) is 44.6 Å². The molecule has 1 aliphatic carbocycles. The molecule has 0 unspecified atom stereocenters. The van der Waals surface area contributed by atoms with Crippen LogP contribution in [-0.4, -0.2) is 20.3 Å². The second-order valence-electron chi connectivity index (χ2n) is 7.93. The molecule has 2 aliphatic rings. The molecule has 2 aromatic carbocycles. The SMILES string of the molecule is C/C=C/C=C/C=C1/N(CCOC)c2ccc3ccccc3c2C12CCCCC2. The summed E-state index contributed by atoms with van der Waals surface area (Å²) in [6.45, 7) is 3.69. The Labute approximate surface area is 169 Å². The Hall–Kier alpha value is -2.32. The smallest absolute Gasteiger partial charge is 0.0642 e. The maximum atomic E-state index is 5.48. The lowest BCUT2D eigenvalue weighted by Crippen LogP contribution is -2.34. The molecule has 1 saturated carbocycles. The molecule has 0 saturated heterocycles. The molecule has 1 spiro atoms. The lowest BCUT2D eigenvalue weighted by molar-refractivity contribution is 0.206. The van der Waals surface area contributed by atoms with Crippen LogP contribution in [0.25, 0.3) is 10.8 Å². The number of ether oxygens (including phenoxy) is 1. The van der Waals surface area contributed by atoms with E-state index in [1.165, 1.54) is 54.3 Å². The standard InChI is InChI=1S/C26H31NO/c1-3-4-5-7-14-24-26(17-10-6-11-18-26)25-22-13-9-8-12-21(22)15-16-23(25)27(24)19-20-28-2/h3-5,7-9,12-16H,6,10-11,17-20H2,1-2H3/b4-3+,7-5+,24-14+. The lowest BCUT2D eigenvalue weighted by Gasteiger charge is -2.37. The van der Waals surface area contributed by atoms with E-state index < -0.39 is 0 Å². The van der Waals surface area contributed by atoms with Crippen molar-refractivity contribution in [1.82, 2.24) is 0 Å².